The third-order valence-corrected chi connectivity index (χ3v) is 4.89. The topological polar surface area (TPSA) is 24.9 Å². The van der Waals surface area contributed by atoms with Crippen molar-refractivity contribution in [2.45, 2.75) is 6.04 Å². The van der Waals surface area contributed by atoms with Crippen molar-refractivity contribution in [3.63, 3.8) is 0 Å². The summed E-state index contributed by atoms with van der Waals surface area (Å²) in [6.07, 6.45) is 4.41. The largest absolute Gasteiger partial charge is 0.372 e. The molecule has 0 amide bonds. The summed E-state index contributed by atoms with van der Waals surface area (Å²) < 4.78 is 0. The number of fused-ring (bicyclic) bond motifs is 3. The lowest BCUT2D eigenvalue weighted by Crippen LogP contribution is -2.12. The molecule has 5 rings (SSSR count). The highest BCUT2D eigenvalue weighted by Gasteiger charge is 2.17. The number of hydrogen-bond acceptors (Lipinski definition) is 2. The molecule has 4 aromatic rings. The molecule has 3 aromatic carbocycles. The molecule has 0 spiro atoms. The van der Waals surface area contributed by atoms with E-state index in [1.807, 2.05) is 24.3 Å². The molecule has 2 nitrogen and oxygen atoms in total. The highest BCUT2D eigenvalue weighted by Crippen LogP contribution is 2.36. The van der Waals surface area contributed by atoms with Gasteiger partial charge in [0.05, 0.1) is 22.9 Å². The lowest BCUT2D eigenvalue weighted by Gasteiger charge is -2.24. The van der Waals surface area contributed by atoms with Crippen molar-refractivity contribution in [1.82, 2.24) is 4.98 Å². The zero-order chi connectivity index (χ0) is 17.3. The van der Waals surface area contributed by atoms with Gasteiger partial charge in [-0.3, -0.25) is 0 Å². The van der Waals surface area contributed by atoms with Crippen LogP contribution >= 0.6 is 0 Å². The second-order valence-electron chi connectivity index (χ2n) is 6.56. The highest BCUT2D eigenvalue weighted by atomic mass is 14.9. The van der Waals surface area contributed by atoms with E-state index in [4.69, 9.17) is 4.98 Å². The molecule has 0 fully saturated rings. The first-order valence-corrected chi connectivity index (χ1v) is 8.87. The molecule has 0 saturated carbocycles. The van der Waals surface area contributed by atoms with E-state index in [1.165, 1.54) is 11.1 Å². The smallest absolute Gasteiger partial charge is 0.0947 e. The highest BCUT2D eigenvalue weighted by molar-refractivity contribution is 5.97. The summed E-state index contributed by atoms with van der Waals surface area (Å²) in [7, 11) is 0. The monoisotopic (exact) mass is 334 g/mol. The molecular formula is C24H18N2. The Morgan fingerprint density at radius 1 is 0.731 bits per heavy atom. The fraction of sp³-hybridized carbons (Fsp3) is 0.0417. The summed E-state index contributed by atoms with van der Waals surface area (Å²) in [5.41, 5.74) is 6.70. The number of benzene rings is 3. The molecule has 0 bridgehead atoms. The molecule has 1 atom stereocenters. The Balaban J connectivity index is 1.64. The van der Waals surface area contributed by atoms with Crippen LogP contribution in [0.15, 0.2) is 91.0 Å². The molecular weight excluding hydrogens is 316 g/mol. The van der Waals surface area contributed by atoms with E-state index in [9.17, 15) is 0 Å². The van der Waals surface area contributed by atoms with Gasteiger partial charge in [0.2, 0.25) is 0 Å². The lowest BCUT2D eigenvalue weighted by molar-refractivity contribution is 0.981. The summed E-state index contributed by atoms with van der Waals surface area (Å²) in [5, 5.41) is 4.84. The van der Waals surface area contributed by atoms with Crippen LogP contribution in [0.25, 0.3) is 28.2 Å². The molecule has 26 heavy (non-hydrogen) atoms. The second-order valence-corrected chi connectivity index (χ2v) is 6.56. The van der Waals surface area contributed by atoms with Crippen molar-refractivity contribution >= 4 is 22.7 Å². The number of hydrogen-bond donors (Lipinski definition) is 1. The van der Waals surface area contributed by atoms with E-state index in [2.05, 4.69) is 78.1 Å². The Kier molecular flexibility index (Phi) is 3.53. The maximum Gasteiger partial charge on any atom is 0.0947 e. The summed E-state index contributed by atoms with van der Waals surface area (Å²) in [5.74, 6) is 0. The summed E-state index contributed by atoms with van der Waals surface area (Å²) >= 11 is 0. The maximum absolute atomic E-state index is 4.99. The normalized spacial score (nSPS) is 15.5. The lowest BCUT2D eigenvalue weighted by atomic mass is 9.98. The van der Waals surface area contributed by atoms with Gasteiger partial charge in [-0.25, -0.2) is 4.98 Å². The second kappa shape index (κ2) is 6.16. The minimum atomic E-state index is 0.163. The van der Waals surface area contributed by atoms with E-state index in [0.717, 1.165) is 27.8 Å². The standard InChI is InChI=1S/C24H18N2/c1-3-7-17(8-4-1)21-15-13-19-11-12-20-14-16-22(18-9-5-2-6-10-18)26-24(20)23(19)25-21/h1-16,21,25H. The number of aromatic nitrogens is 1. The van der Waals surface area contributed by atoms with Crippen LogP contribution in [0.1, 0.15) is 17.2 Å². The van der Waals surface area contributed by atoms with Crippen molar-refractivity contribution < 1.29 is 0 Å². The molecule has 1 aliphatic rings. The van der Waals surface area contributed by atoms with Gasteiger partial charge < -0.3 is 5.32 Å². The summed E-state index contributed by atoms with van der Waals surface area (Å²) in [6, 6.07) is 29.6. The molecule has 2 heteroatoms. The van der Waals surface area contributed by atoms with Gasteiger partial charge in [-0.1, -0.05) is 91.0 Å². The van der Waals surface area contributed by atoms with Gasteiger partial charge in [0.1, 0.15) is 0 Å². The van der Waals surface area contributed by atoms with Gasteiger partial charge in [0.15, 0.2) is 0 Å². The third kappa shape index (κ3) is 2.56. The Bertz CT molecular complexity index is 1100. The predicted octanol–water partition coefficient (Wildman–Crippen LogP) is 6.08. The fourth-order valence-corrected chi connectivity index (χ4v) is 3.52. The van der Waals surface area contributed by atoms with Crippen molar-refractivity contribution in [1.29, 1.82) is 0 Å². The Hall–Kier alpha value is -3.39. The number of pyridine rings is 1. The number of rotatable bonds is 2. The molecule has 1 N–H and O–H groups in total. The molecule has 0 aliphatic carbocycles. The number of nitrogens with zero attached hydrogens (tertiary/aromatic N) is 1. The zero-order valence-corrected chi connectivity index (χ0v) is 14.3. The van der Waals surface area contributed by atoms with Crippen LogP contribution in [0.4, 0.5) is 5.69 Å². The number of anilines is 1. The van der Waals surface area contributed by atoms with Crippen molar-refractivity contribution in [2.75, 3.05) is 5.32 Å². The molecule has 2 heterocycles. The van der Waals surface area contributed by atoms with Crippen LogP contribution in [-0.2, 0) is 0 Å². The molecule has 1 unspecified atom stereocenters. The average Bonchev–Trinajstić information content (AvgIpc) is 2.74. The van der Waals surface area contributed by atoms with E-state index in [1.54, 1.807) is 0 Å². The minimum Gasteiger partial charge on any atom is -0.372 e. The summed E-state index contributed by atoms with van der Waals surface area (Å²) in [4.78, 5) is 4.99. The first-order chi connectivity index (χ1) is 12.9. The van der Waals surface area contributed by atoms with E-state index in [-0.39, 0.29) is 6.04 Å². The molecule has 0 radical (unpaired) electrons. The van der Waals surface area contributed by atoms with E-state index in [0.29, 0.717) is 0 Å². The molecule has 1 aliphatic heterocycles. The van der Waals surface area contributed by atoms with Gasteiger partial charge in [0, 0.05) is 10.9 Å². The van der Waals surface area contributed by atoms with Gasteiger partial charge >= 0.3 is 0 Å². The average molecular weight is 334 g/mol. The van der Waals surface area contributed by atoms with Crippen LogP contribution in [0.5, 0.6) is 0 Å². The van der Waals surface area contributed by atoms with Gasteiger partial charge in [-0.05, 0) is 17.2 Å². The van der Waals surface area contributed by atoms with Crippen molar-refractivity contribution in [2.24, 2.45) is 0 Å². The van der Waals surface area contributed by atoms with Crippen LogP contribution in [0.3, 0.4) is 0 Å². The van der Waals surface area contributed by atoms with E-state index >= 15 is 0 Å². The number of nitrogens with one attached hydrogen (secondary N) is 1. The maximum atomic E-state index is 4.99. The third-order valence-electron chi connectivity index (χ3n) is 4.89. The van der Waals surface area contributed by atoms with Gasteiger partial charge in [-0.2, -0.15) is 0 Å². The first-order valence-electron chi connectivity index (χ1n) is 8.87. The Morgan fingerprint density at radius 3 is 2.27 bits per heavy atom. The van der Waals surface area contributed by atoms with Crippen LogP contribution in [-0.4, -0.2) is 4.98 Å². The van der Waals surface area contributed by atoms with E-state index < -0.39 is 0 Å². The van der Waals surface area contributed by atoms with Gasteiger partial charge in [0.25, 0.3) is 0 Å². The molecule has 124 valence electrons. The first kappa shape index (κ1) is 14.9. The van der Waals surface area contributed by atoms with Crippen molar-refractivity contribution in [3.05, 3.63) is 102 Å². The quantitative estimate of drug-likeness (QED) is 0.480. The molecule has 1 aromatic heterocycles. The summed E-state index contributed by atoms with van der Waals surface area (Å²) in [6.45, 7) is 0. The minimum absolute atomic E-state index is 0.163. The predicted molar refractivity (Wildman–Crippen MR) is 109 cm³/mol. The zero-order valence-electron chi connectivity index (χ0n) is 14.3. The SMILES string of the molecule is C1=CC(c2ccccc2)Nc2c1ccc1ccc(-c3ccccc3)nc21. The Morgan fingerprint density at radius 2 is 1.46 bits per heavy atom. The Labute approximate surface area is 152 Å². The van der Waals surface area contributed by atoms with Crippen molar-refractivity contribution in [3.8, 4) is 11.3 Å². The molecule has 0 saturated heterocycles. The fourth-order valence-electron chi connectivity index (χ4n) is 3.52. The van der Waals surface area contributed by atoms with Crippen LogP contribution < -0.4 is 5.32 Å². The van der Waals surface area contributed by atoms with Crippen LogP contribution in [0, 0.1) is 0 Å². The van der Waals surface area contributed by atoms with Crippen LogP contribution in [0.2, 0.25) is 0 Å². The van der Waals surface area contributed by atoms with Gasteiger partial charge in [-0.15, -0.1) is 0 Å².